The van der Waals surface area contributed by atoms with E-state index < -0.39 is 29.2 Å². The number of hydrogen-bond acceptors (Lipinski definition) is 5. The predicted molar refractivity (Wildman–Crippen MR) is 88.9 cm³/mol. The number of aromatic nitrogens is 3. The summed E-state index contributed by atoms with van der Waals surface area (Å²) in [6.07, 6.45) is -3.22. The smallest absolute Gasteiger partial charge is 0.418 e. The van der Waals surface area contributed by atoms with Crippen LogP contribution in [0.1, 0.15) is 35.3 Å². The number of alkyl halides is 3. The van der Waals surface area contributed by atoms with Crippen LogP contribution in [0.25, 0.3) is 5.69 Å². The number of carbonyl (C=O) groups is 2. The maximum atomic E-state index is 13.2. The Balaban J connectivity index is 1.84. The monoisotopic (exact) mass is 398 g/mol. The molecule has 11 heteroatoms. The van der Waals surface area contributed by atoms with Crippen LogP contribution < -0.4 is 5.32 Å². The van der Waals surface area contributed by atoms with Gasteiger partial charge >= 0.3 is 12.1 Å². The van der Waals surface area contributed by atoms with E-state index in [2.05, 4.69) is 15.6 Å². The van der Waals surface area contributed by atoms with Crippen molar-refractivity contribution in [2.45, 2.75) is 31.0 Å². The molecule has 0 atom stereocenters. The van der Waals surface area contributed by atoms with Crippen LogP contribution in [0.15, 0.2) is 30.5 Å². The molecular weight excluding hydrogens is 381 g/mol. The summed E-state index contributed by atoms with van der Waals surface area (Å²) in [6.45, 7) is 0.582. The molecule has 1 aliphatic rings. The Kier molecular flexibility index (Phi) is 5.36. The number of aliphatic carboxylic acids is 1. The third-order valence-electron chi connectivity index (χ3n) is 4.50. The maximum absolute atomic E-state index is 13.2. The van der Waals surface area contributed by atoms with Crippen LogP contribution in [0.5, 0.6) is 0 Å². The van der Waals surface area contributed by atoms with Crippen molar-refractivity contribution in [1.29, 1.82) is 0 Å². The Labute approximate surface area is 157 Å². The molecule has 28 heavy (non-hydrogen) atoms. The van der Waals surface area contributed by atoms with E-state index >= 15 is 0 Å². The lowest BCUT2D eigenvalue weighted by atomic mass is 9.86. The zero-order chi connectivity index (χ0) is 20.4. The summed E-state index contributed by atoms with van der Waals surface area (Å²) in [5.74, 6) is -1.79. The lowest BCUT2D eigenvalue weighted by Gasteiger charge is -2.36. The minimum atomic E-state index is -4.60. The SMILES string of the molecule is O=C(O)CC1(NC(=O)c2cn(-c3ccccc3C(F)(F)F)nn2)CCOCC1. The van der Waals surface area contributed by atoms with Crippen LogP contribution >= 0.6 is 0 Å². The Hall–Kier alpha value is -2.95. The van der Waals surface area contributed by atoms with E-state index in [1.165, 1.54) is 18.2 Å². The van der Waals surface area contributed by atoms with Gasteiger partial charge in [0.2, 0.25) is 0 Å². The first kappa shape index (κ1) is 19.8. The lowest BCUT2D eigenvalue weighted by molar-refractivity contribution is -0.140. The molecule has 2 aromatic rings. The fourth-order valence-corrected chi connectivity index (χ4v) is 3.10. The molecule has 1 amide bonds. The Morgan fingerprint density at radius 1 is 1.25 bits per heavy atom. The summed E-state index contributed by atoms with van der Waals surface area (Å²) in [5, 5.41) is 19.1. The number of nitrogens with zero attached hydrogens (tertiary/aromatic N) is 3. The van der Waals surface area contributed by atoms with Crippen LogP contribution in [0.4, 0.5) is 13.2 Å². The van der Waals surface area contributed by atoms with Gasteiger partial charge in [-0.05, 0) is 25.0 Å². The summed E-state index contributed by atoms with van der Waals surface area (Å²) < 4.78 is 45.6. The maximum Gasteiger partial charge on any atom is 0.418 e. The topological polar surface area (TPSA) is 106 Å². The molecule has 1 aromatic carbocycles. The normalized spacial score (nSPS) is 16.5. The molecule has 0 radical (unpaired) electrons. The highest BCUT2D eigenvalue weighted by atomic mass is 19.4. The molecule has 1 fully saturated rings. The van der Waals surface area contributed by atoms with Gasteiger partial charge in [0.25, 0.3) is 5.91 Å². The predicted octanol–water partition coefficient (Wildman–Crippen LogP) is 2.04. The highest BCUT2D eigenvalue weighted by molar-refractivity contribution is 5.92. The van der Waals surface area contributed by atoms with Crippen LogP contribution in [0.2, 0.25) is 0 Å². The summed E-state index contributed by atoms with van der Waals surface area (Å²) >= 11 is 0. The van der Waals surface area contributed by atoms with Crippen LogP contribution in [-0.4, -0.2) is 50.7 Å². The number of hydrogen-bond donors (Lipinski definition) is 2. The summed E-state index contributed by atoms with van der Waals surface area (Å²) in [4.78, 5) is 23.7. The van der Waals surface area contributed by atoms with Crippen molar-refractivity contribution >= 4 is 11.9 Å². The minimum Gasteiger partial charge on any atom is -0.481 e. The molecule has 2 heterocycles. The van der Waals surface area contributed by atoms with Crippen LogP contribution in [0, 0.1) is 0 Å². The van der Waals surface area contributed by atoms with Gasteiger partial charge < -0.3 is 15.2 Å². The van der Waals surface area contributed by atoms with Crippen molar-refractivity contribution in [3.63, 3.8) is 0 Å². The van der Waals surface area contributed by atoms with Gasteiger partial charge in [-0.15, -0.1) is 5.10 Å². The molecule has 0 aliphatic carbocycles. The first-order valence-electron chi connectivity index (χ1n) is 8.41. The average Bonchev–Trinajstić information content (AvgIpc) is 3.11. The molecule has 1 aromatic heterocycles. The number of nitrogens with one attached hydrogen (secondary N) is 1. The second-order valence-corrected chi connectivity index (χ2v) is 6.48. The van der Waals surface area contributed by atoms with Gasteiger partial charge in [-0.25, -0.2) is 4.68 Å². The molecule has 8 nitrogen and oxygen atoms in total. The van der Waals surface area contributed by atoms with Crippen molar-refractivity contribution in [2.24, 2.45) is 0 Å². The third-order valence-corrected chi connectivity index (χ3v) is 4.50. The van der Waals surface area contributed by atoms with E-state index in [1.54, 1.807) is 0 Å². The number of carboxylic acid groups (broad SMARTS) is 1. The molecule has 1 saturated heterocycles. The molecule has 1 aliphatic heterocycles. The number of benzene rings is 1. The Bertz CT molecular complexity index is 875. The Morgan fingerprint density at radius 2 is 1.93 bits per heavy atom. The van der Waals surface area contributed by atoms with Gasteiger partial charge in [0.1, 0.15) is 0 Å². The van der Waals surface area contributed by atoms with Gasteiger partial charge in [0.15, 0.2) is 5.69 Å². The first-order chi connectivity index (χ1) is 13.2. The van der Waals surface area contributed by atoms with Gasteiger partial charge in [0, 0.05) is 13.2 Å². The number of carboxylic acids is 1. The van der Waals surface area contributed by atoms with Crippen LogP contribution in [-0.2, 0) is 15.7 Å². The highest BCUT2D eigenvalue weighted by Gasteiger charge is 2.37. The van der Waals surface area contributed by atoms with E-state index in [4.69, 9.17) is 9.84 Å². The quantitative estimate of drug-likeness (QED) is 0.798. The number of para-hydroxylation sites is 1. The number of rotatable bonds is 5. The van der Waals surface area contributed by atoms with E-state index in [0.29, 0.717) is 26.1 Å². The van der Waals surface area contributed by atoms with E-state index in [9.17, 15) is 22.8 Å². The average molecular weight is 398 g/mol. The lowest BCUT2D eigenvalue weighted by Crippen LogP contribution is -2.53. The van der Waals surface area contributed by atoms with Crippen molar-refractivity contribution in [1.82, 2.24) is 20.3 Å². The molecular formula is C17H17F3N4O4. The van der Waals surface area contributed by atoms with Crippen molar-refractivity contribution in [3.8, 4) is 5.69 Å². The largest absolute Gasteiger partial charge is 0.481 e. The summed E-state index contributed by atoms with van der Waals surface area (Å²) in [5.41, 5.74) is -2.41. The molecule has 0 bridgehead atoms. The molecule has 0 spiro atoms. The van der Waals surface area contributed by atoms with Crippen LogP contribution in [0.3, 0.4) is 0 Å². The number of amides is 1. The molecule has 2 N–H and O–H groups in total. The molecule has 0 unspecified atom stereocenters. The Morgan fingerprint density at radius 3 is 2.57 bits per heavy atom. The first-order valence-corrected chi connectivity index (χ1v) is 8.41. The van der Waals surface area contributed by atoms with E-state index in [0.717, 1.165) is 16.9 Å². The zero-order valence-corrected chi connectivity index (χ0v) is 14.6. The summed E-state index contributed by atoms with van der Waals surface area (Å²) in [7, 11) is 0. The zero-order valence-electron chi connectivity index (χ0n) is 14.6. The van der Waals surface area contributed by atoms with Gasteiger partial charge in [0.05, 0.1) is 29.4 Å². The standard InChI is InChI=1S/C17H17F3N4O4/c18-17(19,20)11-3-1-2-4-13(11)24-10-12(22-23-24)15(27)21-16(9-14(25)26)5-7-28-8-6-16/h1-4,10H,5-9H2,(H,21,27)(H,25,26). The van der Waals surface area contributed by atoms with E-state index in [-0.39, 0.29) is 17.8 Å². The third kappa shape index (κ3) is 4.30. The fraction of sp³-hybridized carbons (Fsp3) is 0.412. The molecule has 3 rings (SSSR count). The van der Waals surface area contributed by atoms with Crippen molar-refractivity contribution in [2.75, 3.05) is 13.2 Å². The minimum absolute atomic E-state index is 0.215. The van der Waals surface area contributed by atoms with Crippen molar-refractivity contribution in [3.05, 3.63) is 41.7 Å². The number of ether oxygens (including phenoxy) is 1. The van der Waals surface area contributed by atoms with E-state index in [1.807, 2.05) is 0 Å². The van der Waals surface area contributed by atoms with Crippen molar-refractivity contribution < 1.29 is 32.6 Å². The fourth-order valence-electron chi connectivity index (χ4n) is 3.10. The number of halogens is 3. The van der Waals surface area contributed by atoms with Gasteiger partial charge in [-0.3, -0.25) is 9.59 Å². The molecule has 0 saturated carbocycles. The van der Waals surface area contributed by atoms with Gasteiger partial charge in [-0.2, -0.15) is 13.2 Å². The molecule has 150 valence electrons. The second kappa shape index (κ2) is 7.58. The van der Waals surface area contributed by atoms with Gasteiger partial charge in [-0.1, -0.05) is 17.3 Å². The number of carbonyl (C=O) groups excluding carboxylic acids is 1. The summed E-state index contributed by atoms with van der Waals surface area (Å²) in [6, 6.07) is 4.78. The second-order valence-electron chi connectivity index (χ2n) is 6.48. The highest BCUT2D eigenvalue weighted by Crippen LogP contribution is 2.33.